The average Bonchev–Trinajstić information content (AvgIpc) is 2.70. The van der Waals surface area contributed by atoms with Gasteiger partial charge in [0.05, 0.1) is 27.9 Å². The predicted molar refractivity (Wildman–Crippen MR) is 108 cm³/mol. The monoisotopic (exact) mass is 391 g/mol. The maximum absolute atomic E-state index is 13.3. The summed E-state index contributed by atoms with van der Waals surface area (Å²) in [7, 11) is 6.32. The van der Waals surface area contributed by atoms with E-state index in [1.807, 2.05) is 6.92 Å². The summed E-state index contributed by atoms with van der Waals surface area (Å²) in [5, 5.41) is 6.33. The van der Waals surface area contributed by atoms with Gasteiger partial charge in [-0.15, -0.1) is 0 Å². The number of methoxy groups -OCH3 is 3. The number of hydrogen-bond donors (Lipinski definition) is 2. The van der Waals surface area contributed by atoms with E-state index < -0.39 is 0 Å². The summed E-state index contributed by atoms with van der Waals surface area (Å²) in [5.74, 6) is 2.24. The molecule has 0 fully saturated rings. The van der Waals surface area contributed by atoms with E-state index in [-0.39, 0.29) is 11.9 Å². The number of hydrogen-bond acceptors (Lipinski definition) is 5. The normalized spacial score (nSPS) is 12.1. The second-order valence-electron chi connectivity index (χ2n) is 5.88. The molecule has 2 aromatic carbocycles. The van der Waals surface area contributed by atoms with Crippen molar-refractivity contribution in [3.05, 3.63) is 42.2 Å². The van der Waals surface area contributed by atoms with Crippen molar-refractivity contribution in [3.8, 4) is 23.0 Å². The molecule has 2 aromatic rings. The lowest BCUT2D eigenvalue weighted by Gasteiger charge is -2.19. The third-order valence-corrected chi connectivity index (χ3v) is 3.84. The van der Waals surface area contributed by atoms with E-state index >= 15 is 0 Å². The second kappa shape index (κ2) is 10.2. The maximum Gasteiger partial charge on any atom is 0.203 e. The largest absolute Gasteiger partial charge is 0.493 e. The number of ether oxygens (including phenoxy) is 4. The predicted octanol–water partition coefficient (Wildman–Crippen LogP) is 3.31. The van der Waals surface area contributed by atoms with E-state index in [1.165, 1.54) is 12.1 Å². The minimum absolute atomic E-state index is 0.208. The molecule has 8 heteroatoms. The molecule has 1 unspecified atom stereocenters. The fourth-order valence-electron chi connectivity index (χ4n) is 2.52. The zero-order valence-corrected chi connectivity index (χ0v) is 16.7. The molecule has 0 aromatic heterocycles. The molecule has 0 amide bonds. The first-order valence-corrected chi connectivity index (χ1v) is 8.70. The number of halogens is 1. The van der Waals surface area contributed by atoms with Gasteiger partial charge in [0.2, 0.25) is 5.75 Å². The molecule has 0 radical (unpaired) electrons. The fourth-order valence-corrected chi connectivity index (χ4v) is 2.52. The Morgan fingerprint density at radius 2 is 1.75 bits per heavy atom. The lowest BCUT2D eigenvalue weighted by atomic mass is 10.2. The summed E-state index contributed by atoms with van der Waals surface area (Å²) in [6, 6.07) is 9.60. The molecule has 2 rings (SSSR count). The Balaban J connectivity index is 2.00. The van der Waals surface area contributed by atoms with Crippen LogP contribution in [0.25, 0.3) is 0 Å². The van der Waals surface area contributed by atoms with Crippen LogP contribution in [0, 0.1) is 5.82 Å². The molecule has 0 saturated heterocycles. The smallest absolute Gasteiger partial charge is 0.203 e. The Morgan fingerprint density at radius 1 is 1.07 bits per heavy atom. The number of nitrogens with zero attached hydrogens (tertiary/aromatic N) is 1. The quantitative estimate of drug-likeness (QED) is 0.531. The van der Waals surface area contributed by atoms with E-state index in [0.29, 0.717) is 41.2 Å². The van der Waals surface area contributed by atoms with Crippen LogP contribution in [0.3, 0.4) is 0 Å². The molecule has 2 N–H and O–H groups in total. The second-order valence-corrected chi connectivity index (χ2v) is 5.88. The van der Waals surface area contributed by atoms with E-state index in [0.717, 1.165) is 0 Å². The molecule has 0 bridgehead atoms. The van der Waals surface area contributed by atoms with Crippen LogP contribution >= 0.6 is 0 Å². The van der Waals surface area contributed by atoms with Gasteiger partial charge >= 0.3 is 0 Å². The number of benzene rings is 2. The van der Waals surface area contributed by atoms with E-state index in [4.69, 9.17) is 18.9 Å². The first-order chi connectivity index (χ1) is 13.5. The Morgan fingerprint density at radius 3 is 2.29 bits per heavy atom. The van der Waals surface area contributed by atoms with Gasteiger partial charge in [-0.3, -0.25) is 4.99 Å². The van der Waals surface area contributed by atoms with Gasteiger partial charge in [-0.2, -0.15) is 0 Å². The molecule has 0 heterocycles. The number of rotatable bonds is 8. The minimum atomic E-state index is -0.336. The zero-order valence-electron chi connectivity index (χ0n) is 16.7. The summed E-state index contributed by atoms with van der Waals surface area (Å²) in [5.41, 5.74) is 0.710. The highest BCUT2D eigenvalue weighted by molar-refractivity contribution is 5.94. The van der Waals surface area contributed by atoms with E-state index in [1.54, 1.807) is 52.6 Å². The summed E-state index contributed by atoms with van der Waals surface area (Å²) in [4.78, 5) is 4.20. The van der Waals surface area contributed by atoms with Gasteiger partial charge in [0, 0.05) is 30.9 Å². The molecular formula is C20H26FN3O4. The molecule has 28 heavy (non-hydrogen) atoms. The average molecular weight is 391 g/mol. The van der Waals surface area contributed by atoms with Crippen LogP contribution < -0.4 is 29.6 Å². The minimum Gasteiger partial charge on any atom is -0.493 e. The molecule has 0 spiro atoms. The number of aliphatic imine (C=N–C) groups is 1. The van der Waals surface area contributed by atoms with Gasteiger partial charge in [-0.05, 0) is 19.1 Å². The highest BCUT2D eigenvalue weighted by Crippen LogP contribution is 2.39. The molecular weight excluding hydrogens is 365 g/mol. The summed E-state index contributed by atoms with van der Waals surface area (Å²) >= 11 is 0. The van der Waals surface area contributed by atoms with E-state index in [2.05, 4.69) is 15.6 Å². The molecule has 1 atom stereocenters. The van der Waals surface area contributed by atoms with Crippen LogP contribution in [0.2, 0.25) is 0 Å². The first-order valence-electron chi connectivity index (χ1n) is 8.70. The summed E-state index contributed by atoms with van der Waals surface area (Å²) in [6.07, 6.45) is -0.208. The third kappa shape index (κ3) is 5.67. The van der Waals surface area contributed by atoms with Crippen LogP contribution in [0.4, 0.5) is 10.1 Å². The first kappa shape index (κ1) is 21.1. The van der Waals surface area contributed by atoms with Crippen molar-refractivity contribution in [1.29, 1.82) is 0 Å². The van der Waals surface area contributed by atoms with Crippen molar-refractivity contribution in [1.82, 2.24) is 5.32 Å². The molecule has 0 aliphatic rings. The standard InChI is InChI=1S/C20H26FN3O4/c1-13(28-16-8-6-7-14(21)9-16)12-23-20(22-2)24-15-10-17(25-3)19(27-5)18(11-15)26-4/h6-11,13H,12H2,1-5H3,(H2,22,23,24). The topological polar surface area (TPSA) is 73.3 Å². The molecule has 0 aliphatic heterocycles. The van der Waals surface area contributed by atoms with Gasteiger partial charge < -0.3 is 29.6 Å². The molecule has 0 saturated carbocycles. The van der Waals surface area contributed by atoms with Gasteiger partial charge in [0.1, 0.15) is 17.7 Å². The summed E-state index contributed by atoms with van der Waals surface area (Å²) in [6.45, 7) is 2.34. The lowest BCUT2D eigenvalue weighted by Crippen LogP contribution is -2.37. The number of guanidine groups is 1. The number of anilines is 1. The van der Waals surface area contributed by atoms with Crippen molar-refractivity contribution in [3.63, 3.8) is 0 Å². The van der Waals surface area contributed by atoms with Gasteiger partial charge in [0.25, 0.3) is 0 Å². The van der Waals surface area contributed by atoms with Crippen molar-refractivity contribution in [2.45, 2.75) is 13.0 Å². The fraction of sp³-hybridized carbons (Fsp3) is 0.350. The highest BCUT2D eigenvalue weighted by atomic mass is 19.1. The SMILES string of the molecule is CN=C(NCC(C)Oc1cccc(F)c1)Nc1cc(OC)c(OC)c(OC)c1. The molecule has 152 valence electrons. The summed E-state index contributed by atoms with van der Waals surface area (Å²) < 4.78 is 35.0. The van der Waals surface area contributed by atoms with Crippen molar-refractivity contribution in [2.24, 2.45) is 4.99 Å². The highest BCUT2D eigenvalue weighted by Gasteiger charge is 2.14. The van der Waals surface area contributed by atoms with Gasteiger partial charge in [0.15, 0.2) is 17.5 Å². The third-order valence-electron chi connectivity index (χ3n) is 3.84. The Bertz CT molecular complexity index is 789. The maximum atomic E-state index is 13.3. The Kier molecular flexibility index (Phi) is 7.74. The van der Waals surface area contributed by atoms with Crippen LogP contribution in [-0.2, 0) is 0 Å². The number of nitrogens with one attached hydrogen (secondary N) is 2. The molecule has 7 nitrogen and oxygen atoms in total. The van der Waals surface area contributed by atoms with Crippen molar-refractivity contribution < 1.29 is 23.3 Å². The lowest BCUT2D eigenvalue weighted by molar-refractivity contribution is 0.223. The van der Waals surface area contributed by atoms with Crippen molar-refractivity contribution >= 4 is 11.6 Å². The van der Waals surface area contributed by atoms with E-state index in [9.17, 15) is 4.39 Å². The van der Waals surface area contributed by atoms with Crippen LogP contribution in [0.5, 0.6) is 23.0 Å². The Labute approximate surface area is 164 Å². The zero-order chi connectivity index (χ0) is 20.5. The van der Waals surface area contributed by atoms with Crippen LogP contribution in [-0.4, -0.2) is 47.0 Å². The van der Waals surface area contributed by atoms with Gasteiger partial charge in [-0.1, -0.05) is 6.07 Å². The van der Waals surface area contributed by atoms with Gasteiger partial charge in [-0.25, -0.2) is 4.39 Å². The molecule has 0 aliphatic carbocycles. The van der Waals surface area contributed by atoms with Crippen LogP contribution in [0.15, 0.2) is 41.4 Å². The van der Waals surface area contributed by atoms with Crippen LogP contribution in [0.1, 0.15) is 6.92 Å². The Hall–Kier alpha value is -3.16. The van der Waals surface area contributed by atoms with Crippen molar-refractivity contribution in [2.75, 3.05) is 40.2 Å².